The summed E-state index contributed by atoms with van der Waals surface area (Å²) in [4.78, 5) is 49.6. The number of benzene rings is 1. The molecule has 1 aliphatic rings. The molecule has 158 valence electrons. The highest BCUT2D eigenvalue weighted by Gasteiger charge is 2.40. The number of nitrogens with one attached hydrogen (secondary N) is 1. The van der Waals surface area contributed by atoms with Crippen LogP contribution < -0.4 is 16.6 Å². The summed E-state index contributed by atoms with van der Waals surface area (Å²) in [5, 5.41) is 14.7. The Morgan fingerprint density at radius 3 is 2.43 bits per heavy atom. The molecule has 1 unspecified atom stereocenters. The van der Waals surface area contributed by atoms with E-state index in [2.05, 4.69) is 5.32 Å². The smallest absolute Gasteiger partial charge is 0.337 e. The Bertz CT molecular complexity index is 1200. The van der Waals surface area contributed by atoms with E-state index in [1.807, 2.05) is 0 Å². The third kappa shape index (κ3) is 3.30. The molecule has 0 amide bonds. The normalized spacial score (nSPS) is 15.6. The molecule has 0 spiro atoms. The Morgan fingerprint density at radius 1 is 1.20 bits per heavy atom. The SMILES string of the molecule is CC1=C(C(=O)OC(C)C)C(c2ccccc2[N+](=O)[O-])c2c(n(C)c(=O)n(C)c2=O)N1. The molecule has 0 saturated heterocycles. The van der Waals surface area contributed by atoms with E-state index in [4.69, 9.17) is 4.74 Å². The van der Waals surface area contributed by atoms with Crippen LogP contribution in [0.3, 0.4) is 0 Å². The van der Waals surface area contributed by atoms with Gasteiger partial charge in [-0.2, -0.15) is 0 Å². The fraction of sp³-hybridized carbons (Fsp3) is 0.350. The molecule has 30 heavy (non-hydrogen) atoms. The van der Waals surface area contributed by atoms with E-state index in [-0.39, 0.29) is 28.2 Å². The van der Waals surface area contributed by atoms with Crippen LogP contribution in [0.15, 0.2) is 45.1 Å². The molecule has 0 saturated carbocycles. The molecular formula is C20H22N4O6. The lowest BCUT2D eigenvalue weighted by Crippen LogP contribution is -2.43. The Morgan fingerprint density at radius 2 is 1.83 bits per heavy atom. The average Bonchev–Trinajstić information content (AvgIpc) is 2.69. The van der Waals surface area contributed by atoms with Crippen molar-refractivity contribution in [3.8, 4) is 0 Å². The number of hydrogen-bond acceptors (Lipinski definition) is 7. The molecule has 2 aromatic rings. The van der Waals surface area contributed by atoms with Crippen molar-refractivity contribution in [3.05, 3.63) is 77.6 Å². The zero-order valence-corrected chi connectivity index (χ0v) is 17.3. The number of fused-ring (bicyclic) bond motifs is 1. The monoisotopic (exact) mass is 414 g/mol. The van der Waals surface area contributed by atoms with Gasteiger partial charge in [0.1, 0.15) is 5.82 Å². The lowest BCUT2D eigenvalue weighted by molar-refractivity contribution is -0.385. The number of nitro groups is 1. The van der Waals surface area contributed by atoms with Crippen LogP contribution in [0, 0.1) is 10.1 Å². The number of carbonyl (C=O) groups excluding carboxylic acids is 1. The maximum atomic E-state index is 13.1. The Labute approximate surface area is 171 Å². The van der Waals surface area contributed by atoms with Crippen LogP contribution in [-0.4, -0.2) is 26.1 Å². The molecule has 1 aliphatic heterocycles. The summed E-state index contributed by atoms with van der Waals surface area (Å²) >= 11 is 0. The van der Waals surface area contributed by atoms with Crippen molar-refractivity contribution in [3.63, 3.8) is 0 Å². The van der Waals surface area contributed by atoms with Crippen LogP contribution in [0.4, 0.5) is 11.5 Å². The molecule has 1 N–H and O–H groups in total. The van der Waals surface area contributed by atoms with Crippen LogP contribution in [0.1, 0.15) is 37.8 Å². The van der Waals surface area contributed by atoms with Gasteiger partial charge in [0, 0.05) is 31.4 Å². The summed E-state index contributed by atoms with van der Waals surface area (Å²) in [5.41, 5.74) is -0.791. The molecule has 10 nitrogen and oxygen atoms in total. The van der Waals surface area contributed by atoms with Crippen molar-refractivity contribution < 1.29 is 14.5 Å². The highest BCUT2D eigenvalue weighted by molar-refractivity contribution is 5.94. The number of esters is 1. The predicted octanol–water partition coefficient (Wildman–Crippen LogP) is 1.78. The fourth-order valence-corrected chi connectivity index (χ4v) is 3.64. The van der Waals surface area contributed by atoms with Gasteiger partial charge in [-0.05, 0) is 20.8 Å². The van der Waals surface area contributed by atoms with E-state index in [0.717, 1.165) is 4.57 Å². The number of hydrogen-bond donors (Lipinski definition) is 1. The molecule has 0 fully saturated rings. The number of carbonyl (C=O) groups is 1. The fourth-order valence-electron chi connectivity index (χ4n) is 3.64. The van der Waals surface area contributed by atoms with Crippen molar-refractivity contribution in [2.45, 2.75) is 32.8 Å². The van der Waals surface area contributed by atoms with Gasteiger partial charge in [-0.25, -0.2) is 9.59 Å². The third-order valence-electron chi connectivity index (χ3n) is 4.99. The van der Waals surface area contributed by atoms with Crippen LogP contribution in [-0.2, 0) is 23.6 Å². The average molecular weight is 414 g/mol. The topological polar surface area (TPSA) is 125 Å². The van der Waals surface area contributed by atoms with Crippen molar-refractivity contribution in [1.29, 1.82) is 0 Å². The number of allylic oxidation sites excluding steroid dienone is 1. The first-order chi connectivity index (χ1) is 14.1. The van der Waals surface area contributed by atoms with Gasteiger partial charge in [-0.3, -0.25) is 24.0 Å². The summed E-state index contributed by atoms with van der Waals surface area (Å²) in [5.74, 6) is -1.59. The summed E-state index contributed by atoms with van der Waals surface area (Å²) in [6.45, 7) is 4.96. The highest BCUT2D eigenvalue weighted by Crippen LogP contribution is 2.43. The van der Waals surface area contributed by atoms with E-state index >= 15 is 0 Å². The van der Waals surface area contributed by atoms with Gasteiger partial charge in [0.2, 0.25) is 0 Å². The number of nitro benzene ring substituents is 1. The minimum Gasteiger partial charge on any atom is -0.460 e. The van der Waals surface area contributed by atoms with Gasteiger partial charge >= 0.3 is 11.7 Å². The van der Waals surface area contributed by atoms with E-state index in [9.17, 15) is 24.5 Å². The van der Waals surface area contributed by atoms with Crippen molar-refractivity contribution in [2.75, 3.05) is 5.32 Å². The van der Waals surface area contributed by atoms with E-state index in [1.54, 1.807) is 26.8 Å². The lowest BCUT2D eigenvalue weighted by atomic mass is 9.81. The minimum absolute atomic E-state index is 0.0650. The second-order valence-electron chi connectivity index (χ2n) is 7.33. The van der Waals surface area contributed by atoms with Gasteiger partial charge in [0.05, 0.1) is 28.1 Å². The van der Waals surface area contributed by atoms with Gasteiger partial charge in [-0.1, -0.05) is 18.2 Å². The first-order valence-corrected chi connectivity index (χ1v) is 9.28. The molecule has 3 rings (SSSR count). The Balaban J connectivity index is 2.44. The van der Waals surface area contributed by atoms with Crippen LogP contribution in [0.5, 0.6) is 0 Å². The van der Waals surface area contributed by atoms with E-state index < -0.39 is 34.2 Å². The first-order valence-electron chi connectivity index (χ1n) is 9.28. The molecule has 1 aromatic carbocycles. The maximum Gasteiger partial charge on any atom is 0.337 e. The van der Waals surface area contributed by atoms with Crippen LogP contribution in [0.2, 0.25) is 0 Å². The van der Waals surface area contributed by atoms with Crippen LogP contribution >= 0.6 is 0 Å². The quantitative estimate of drug-likeness (QED) is 0.459. The van der Waals surface area contributed by atoms with Crippen molar-refractivity contribution >= 4 is 17.5 Å². The van der Waals surface area contributed by atoms with Crippen molar-refractivity contribution in [1.82, 2.24) is 9.13 Å². The van der Waals surface area contributed by atoms with Crippen molar-refractivity contribution in [2.24, 2.45) is 14.1 Å². The molecule has 1 atom stereocenters. The van der Waals surface area contributed by atoms with Crippen LogP contribution in [0.25, 0.3) is 0 Å². The van der Waals surface area contributed by atoms with Gasteiger partial charge in [0.25, 0.3) is 11.2 Å². The Hall–Kier alpha value is -3.69. The van der Waals surface area contributed by atoms with Gasteiger partial charge < -0.3 is 10.1 Å². The summed E-state index contributed by atoms with van der Waals surface area (Å²) in [6.07, 6.45) is -0.437. The zero-order valence-electron chi connectivity index (χ0n) is 17.3. The molecular weight excluding hydrogens is 392 g/mol. The standard InChI is InChI=1S/C20H22N4O6/c1-10(2)30-19(26)14-11(3)21-17-16(18(25)23(5)20(27)22(17)4)15(14)12-8-6-7-9-13(12)24(28)29/h6-10,15,21H,1-5H3. The number of ether oxygens (including phenoxy) is 1. The third-order valence-corrected chi connectivity index (χ3v) is 4.99. The lowest BCUT2D eigenvalue weighted by Gasteiger charge is -2.30. The first kappa shape index (κ1) is 21.0. The summed E-state index contributed by atoms with van der Waals surface area (Å²) in [7, 11) is 2.80. The summed E-state index contributed by atoms with van der Waals surface area (Å²) in [6, 6.07) is 5.91. The summed E-state index contributed by atoms with van der Waals surface area (Å²) < 4.78 is 7.52. The number of nitrogens with zero attached hydrogens (tertiary/aromatic N) is 3. The predicted molar refractivity (Wildman–Crippen MR) is 109 cm³/mol. The van der Waals surface area contributed by atoms with E-state index in [0.29, 0.717) is 5.70 Å². The maximum absolute atomic E-state index is 13.1. The number of para-hydroxylation sites is 1. The molecule has 2 heterocycles. The zero-order chi connectivity index (χ0) is 22.3. The molecule has 10 heteroatoms. The molecule has 0 aliphatic carbocycles. The second kappa shape index (κ2) is 7.62. The Kier molecular flexibility index (Phi) is 5.34. The number of anilines is 1. The second-order valence-corrected chi connectivity index (χ2v) is 7.33. The number of aromatic nitrogens is 2. The molecule has 0 bridgehead atoms. The largest absolute Gasteiger partial charge is 0.460 e. The van der Waals surface area contributed by atoms with E-state index in [1.165, 1.54) is 36.9 Å². The minimum atomic E-state index is -1.08. The molecule has 0 radical (unpaired) electrons. The van der Waals surface area contributed by atoms with Gasteiger partial charge in [0.15, 0.2) is 0 Å². The molecule has 1 aromatic heterocycles. The highest BCUT2D eigenvalue weighted by atomic mass is 16.6. The van der Waals surface area contributed by atoms with Gasteiger partial charge in [-0.15, -0.1) is 0 Å². The number of rotatable bonds is 4.